The molecule has 4 nitrogen and oxygen atoms in total. The molecule has 98 valence electrons. The number of hydrogen-bond acceptors (Lipinski definition) is 3. The fourth-order valence-corrected chi connectivity index (χ4v) is 3.76. The third-order valence-corrected chi connectivity index (χ3v) is 5.12. The minimum absolute atomic E-state index is 0.144. The van der Waals surface area contributed by atoms with Gasteiger partial charge in [-0.2, -0.15) is 4.31 Å². The highest BCUT2D eigenvalue weighted by molar-refractivity contribution is 7.89. The zero-order valence-corrected chi connectivity index (χ0v) is 11.4. The molecule has 1 heterocycles. The quantitative estimate of drug-likeness (QED) is 0.817. The SMILES string of the molecule is Cc1cccc(S(=O)(=O)N2CCC(=O)C(C)C2)c1. The van der Waals surface area contributed by atoms with Crippen molar-refractivity contribution in [3.8, 4) is 0 Å². The van der Waals surface area contributed by atoms with Gasteiger partial charge in [-0.15, -0.1) is 0 Å². The lowest BCUT2D eigenvalue weighted by atomic mass is 10.0. The van der Waals surface area contributed by atoms with E-state index in [9.17, 15) is 13.2 Å². The standard InChI is InChI=1S/C13H17NO3S/c1-10-4-3-5-12(8-10)18(16,17)14-7-6-13(15)11(2)9-14/h3-5,8,11H,6-7,9H2,1-2H3. The second-order valence-corrected chi connectivity index (χ2v) is 6.73. The molecule has 1 aromatic rings. The number of hydrogen-bond donors (Lipinski definition) is 0. The Kier molecular flexibility index (Phi) is 3.54. The summed E-state index contributed by atoms with van der Waals surface area (Å²) in [5.74, 6) is -0.0657. The van der Waals surface area contributed by atoms with Crippen LogP contribution in [-0.4, -0.2) is 31.6 Å². The van der Waals surface area contributed by atoms with Crippen molar-refractivity contribution in [1.29, 1.82) is 0 Å². The first kappa shape index (κ1) is 13.2. The molecule has 0 spiro atoms. The molecule has 0 N–H and O–H groups in total. The van der Waals surface area contributed by atoms with Gasteiger partial charge in [0.05, 0.1) is 4.90 Å². The highest BCUT2D eigenvalue weighted by Gasteiger charge is 2.32. The zero-order chi connectivity index (χ0) is 13.3. The number of ketones is 1. The van der Waals surface area contributed by atoms with Crippen molar-refractivity contribution in [1.82, 2.24) is 4.31 Å². The van der Waals surface area contributed by atoms with Gasteiger partial charge < -0.3 is 0 Å². The predicted molar refractivity (Wildman–Crippen MR) is 68.7 cm³/mol. The Hall–Kier alpha value is -1.20. The molecule has 0 saturated carbocycles. The van der Waals surface area contributed by atoms with Gasteiger partial charge in [0.15, 0.2) is 0 Å². The van der Waals surface area contributed by atoms with E-state index in [0.717, 1.165) is 5.56 Å². The molecule has 5 heteroatoms. The molecule has 0 bridgehead atoms. The summed E-state index contributed by atoms with van der Waals surface area (Å²) in [5.41, 5.74) is 0.914. The van der Waals surface area contributed by atoms with Crippen LogP contribution in [0.5, 0.6) is 0 Å². The molecule has 0 aromatic heterocycles. The summed E-state index contributed by atoms with van der Waals surface area (Å²) >= 11 is 0. The molecule has 0 radical (unpaired) electrons. The largest absolute Gasteiger partial charge is 0.299 e. The number of benzene rings is 1. The molecule has 1 unspecified atom stereocenters. The first-order valence-corrected chi connectivity index (χ1v) is 7.45. The Morgan fingerprint density at radius 2 is 2.06 bits per heavy atom. The zero-order valence-electron chi connectivity index (χ0n) is 10.6. The van der Waals surface area contributed by atoms with E-state index in [1.807, 2.05) is 13.0 Å². The summed E-state index contributed by atoms with van der Waals surface area (Å²) in [6.45, 7) is 4.22. The molecule has 1 aromatic carbocycles. The van der Waals surface area contributed by atoms with Crippen LogP contribution in [0.3, 0.4) is 0 Å². The second kappa shape index (κ2) is 4.82. The third kappa shape index (κ3) is 2.47. The van der Waals surface area contributed by atoms with E-state index in [4.69, 9.17) is 0 Å². The van der Waals surface area contributed by atoms with Crippen LogP contribution in [0.2, 0.25) is 0 Å². The van der Waals surface area contributed by atoms with Crippen molar-refractivity contribution in [3.63, 3.8) is 0 Å². The molecule has 1 fully saturated rings. The number of rotatable bonds is 2. The van der Waals surface area contributed by atoms with E-state index in [1.54, 1.807) is 25.1 Å². The van der Waals surface area contributed by atoms with Crippen LogP contribution in [-0.2, 0) is 14.8 Å². The van der Waals surface area contributed by atoms with Gasteiger partial charge in [-0.3, -0.25) is 4.79 Å². The number of nitrogens with zero attached hydrogens (tertiary/aromatic N) is 1. The van der Waals surface area contributed by atoms with Gasteiger partial charge >= 0.3 is 0 Å². The van der Waals surface area contributed by atoms with Crippen molar-refractivity contribution in [2.24, 2.45) is 5.92 Å². The van der Waals surface area contributed by atoms with E-state index >= 15 is 0 Å². The average Bonchev–Trinajstić information content (AvgIpc) is 2.32. The number of sulfonamides is 1. The maximum absolute atomic E-state index is 12.4. The molecule has 1 saturated heterocycles. The summed E-state index contributed by atoms with van der Waals surface area (Å²) < 4.78 is 26.2. The maximum Gasteiger partial charge on any atom is 0.243 e. The Morgan fingerprint density at radius 1 is 1.33 bits per heavy atom. The summed E-state index contributed by atoms with van der Waals surface area (Å²) in [4.78, 5) is 11.7. The minimum atomic E-state index is -3.46. The molecular formula is C13H17NO3S. The summed E-state index contributed by atoms with van der Waals surface area (Å²) in [6.07, 6.45) is 0.312. The number of carbonyl (C=O) groups excluding carboxylic acids is 1. The first-order chi connectivity index (χ1) is 8.41. The molecule has 1 aliphatic heterocycles. The summed E-state index contributed by atoms with van der Waals surface area (Å²) in [7, 11) is -3.46. The molecule has 1 atom stereocenters. The van der Waals surface area contributed by atoms with Gasteiger partial charge in [0.1, 0.15) is 5.78 Å². The Bertz CT molecular complexity index is 565. The number of aryl methyl sites for hydroxylation is 1. The maximum atomic E-state index is 12.4. The van der Waals surface area contributed by atoms with Gasteiger partial charge in [-0.05, 0) is 24.6 Å². The monoisotopic (exact) mass is 267 g/mol. The lowest BCUT2D eigenvalue weighted by molar-refractivity contribution is -0.124. The Balaban J connectivity index is 2.29. The van der Waals surface area contributed by atoms with Crippen LogP contribution in [0.1, 0.15) is 18.9 Å². The van der Waals surface area contributed by atoms with Crippen LogP contribution in [0.25, 0.3) is 0 Å². The molecule has 0 aliphatic carbocycles. The van der Waals surface area contributed by atoms with Gasteiger partial charge in [0.25, 0.3) is 0 Å². The van der Waals surface area contributed by atoms with Gasteiger partial charge in [0, 0.05) is 25.4 Å². The van der Waals surface area contributed by atoms with E-state index in [2.05, 4.69) is 0 Å². The summed E-state index contributed by atoms with van der Waals surface area (Å²) in [5, 5.41) is 0. The smallest absolute Gasteiger partial charge is 0.243 e. The molecule has 2 rings (SSSR count). The number of carbonyl (C=O) groups is 1. The Labute approximate surface area is 108 Å². The Morgan fingerprint density at radius 3 is 2.67 bits per heavy atom. The fraction of sp³-hybridized carbons (Fsp3) is 0.462. The molecule has 1 aliphatic rings. The van der Waals surface area contributed by atoms with Crippen LogP contribution >= 0.6 is 0 Å². The van der Waals surface area contributed by atoms with Crippen molar-refractivity contribution >= 4 is 15.8 Å². The van der Waals surface area contributed by atoms with Crippen LogP contribution in [0.15, 0.2) is 29.2 Å². The topological polar surface area (TPSA) is 54.5 Å². The van der Waals surface area contributed by atoms with E-state index in [1.165, 1.54) is 4.31 Å². The molecule has 18 heavy (non-hydrogen) atoms. The van der Waals surface area contributed by atoms with E-state index in [-0.39, 0.29) is 18.2 Å². The van der Waals surface area contributed by atoms with Crippen LogP contribution < -0.4 is 0 Å². The van der Waals surface area contributed by atoms with Gasteiger partial charge in [-0.25, -0.2) is 8.42 Å². The van der Waals surface area contributed by atoms with E-state index in [0.29, 0.717) is 17.9 Å². The lowest BCUT2D eigenvalue weighted by Gasteiger charge is -2.29. The van der Waals surface area contributed by atoms with Crippen LogP contribution in [0.4, 0.5) is 0 Å². The number of piperidine rings is 1. The highest BCUT2D eigenvalue weighted by atomic mass is 32.2. The van der Waals surface area contributed by atoms with Gasteiger partial charge in [-0.1, -0.05) is 19.1 Å². The van der Waals surface area contributed by atoms with Gasteiger partial charge in [0.2, 0.25) is 10.0 Å². The van der Waals surface area contributed by atoms with Crippen molar-refractivity contribution in [2.75, 3.05) is 13.1 Å². The molecular weight excluding hydrogens is 250 g/mol. The second-order valence-electron chi connectivity index (χ2n) is 4.80. The minimum Gasteiger partial charge on any atom is -0.299 e. The molecule has 0 amide bonds. The average molecular weight is 267 g/mol. The fourth-order valence-electron chi connectivity index (χ4n) is 2.12. The van der Waals surface area contributed by atoms with E-state index < -0.39 is 10.0 Å². The first-order valence-electron chi connectivity index (χ1n) is 6.01. The van der Waals surface area contributed by atoms with Crippen LogP contribution in [0, 0.1) is 12.8 Å². The predicted octanol–water partition coefficient (Wildman–Crippen LogP) is 1.59. The van der Waals surface area contributed by atoms with Crippen molar-refractivity contribution in [3.05, 3.63) is 29.8 Å². The number of Topliss-reactive ketones (excluding diaryl/α,β-unsaturated/α-hetero) is 1. The normalized spacial score (nSPS) is 22.1. The van der Waals surface area contributed by atoms with Crippen molar-refractivity contribution in [2.45, 2.75) is 25.2 Å². The van der Waals surface area contributed by atoms with Crippen molar-refractivity contribution < 1.29 is 13.2 Å². The third-order valence-electron chi connectivity index (χ3n) is 3.26. The lowest BCUT2D eigenvalue weighted by Crippen LogP contribution is -2.43. The summed E-state index contributed by atoms with van der Waals surface area (Å²) in [6, 6.07) is 6.86. The highest BCUT2D eigenvalue weighted by Crippen LogP contribution is 2.22.